The molecule has 0 unspecified atom stereocenters. The van der Waals surface area contributed by atoms with Gasteiger partial charge >= 0.3 is 0 Å². The van der Waals surface area contributed by atoms with Gasteiger partial charge in [0, 0.05) is 16.7 Å². The fourth-order valence-corrected chi connectivity index (χ4v) is 5.06. The number of aliphatic hydroxyl groups excluding tert-OH is 2. The zero-order valence-electron chi connectivity index (χ0n) is 12.8. The summed E-state index contributed by atoms with van der Waals surface area (Å²) in [5.74, 6) is 0.871. The lowest BCUT2D eigenvalue weighted by atomic mass is 9.52. The molecule has 0 amide bonds. The van der Waals surface area contributed by atoms with Gasteiger partial charge in [0.1, 0.15) is 0 Å². The van der Waals surface area contributed by atoms with Crippen LogP contribution in [0.2, 0.25) is 0 Å². The highest BCUT2D eigenvalue weighted by Gasteiger charge is 2.53. The summed E-state index contributed by atoms with van der Waals surface area (Å²) in [6.45, 7) is 4.54. The minimum atomic E-state index is -0.332. The Labute approximate surface area is 126 Å². The first-order valence-corrected chi connectivity index (χ1v) is 8.10. The number of aliphatic hydroxyl groups is 2. The number of allylic oxidation sites excluding steroid dienone is 5. The molecule has 0 saturated heterocycles. The van der Waals surface area contributed by atoms with E-state index in [0.717, 1.165) is 19.3 Å². The standard InChI is InChI=1S/C19H24O2/c1-18-9-7-13(20)11-12(18)3-4-14-15-5-6-17(21)19(15,2)10-8-16(14)18/h3-7,9,13,15-17,20-21H,8,10-11H2,1-2H3/t13-,15-,16-,17-,18-,19-/m0/s1. The van der Waals surface area contributed by atoms with Gasteiger partial charge in [0.2, 0.25) is 0 Å². The summed E-state index contributed by atoms with van der Waals surface area (Å²) in [7, 11) is 0. The summed E-state index contributed by atoms with van der Waals surface area (Å²) in [4.78, 5) is 0. The molecule has 1 saturated carbocycles. The molecule has 0 aromatic rings. The van der Waals surface area contributed by atoms with Crippen molar-refractivity contribution >= 4 is 0 Å². The molecule has 2 N–H and O–H groups in total. The van der Waals surface area contributed by atoms with Crippen LogP contribution in [0.15, 0.2) is 47.6 Å². The van der Waals surface area contributed by atoms with Crippen LogP contribution in [0.25, 0.3) is 0 Å². The minimum Gasteiger partial charge on any atom is -0.389 e. The zero-order valence-corrected chi connectivity index (χ0v) is 12.8. The smallest absolute Gasteiger partial charge is 0.0783 e. The topological polar surface area (TPSA) is 40.5 Å². The highest BCUT2D eigenvalue weighted by molar-refractivity contribution is 5.44. The lowest BCUT2D eigenvalue weighted by Crippen LogP contribution is -2.46. The van der Waals surface area contributed by atoms with Crippen LogP contribution in [0.3, 0.4) is 0 Å². The van der Waals surface area contributed by atoms with Gasteiger partial charge in [-0.3, -0.25) is 0 Å². The van der Waals surface area contributed by atoms with Crippen molar-refractivity contribution in [1.82, 2.24) is 0 Å². The van der Waals surface area contributed by atoms with Gasteiger partial charge < -0.3 is 10.2 Å². The van der Waals surface area contributed by atoms with Crippen molar-refractivity contribution in [1.29, 1.82) is 0 Å². The molecule has 4 rings (SSSR count). The number of rotatable bonds is 0. The third-order valence-electron chi connectivity index (χ3n) is 6.59. The zero-order chi connectivity index (χ0) is 14.8. The van der Waals surface area contributed by atoms with E-state index in [2.05, 4.69) is 38.2 Å². The van der Waals surface area contributed by atoms with Crippen molar-refractivity contribution in [3.63, 3.8) is 0 Å². The normalized spacial score (nSPS) is 50.9. The molecule has 0 radical (unpaired) electrons. The van der Waals surface area contributed by atoms with Crippen molar-refractivity contribution in [2.75, 3.05) is 0 Å². The number of fused-ring (bicyclic) bond motifs is 5. The Bertz CT molecular complexity index is 597. The summed E-state index contributed by atoms with van der Waals surface area (Å²) < 4.78 is 0. The van der Waals surface area contributed by atoms with Gasteiger partial charge in [0.25, 0.3) is 0 Å². The van der Waals surface area contributed by atoms with E-state index in [1.165, 1.54) is 11.1 Å². The molecule has 4 aliphatic rings. The van der Waals surface area contributed by atoms with Crippen LogP contribution in [0, 0.1) is 22.7 Å². The molecule has 2 nitrogen and oxygen atoms in total. The molecule has 0 aromatic carbocycles. The van der Waals surface area contributed by atoms with Gasteiger partial charge in [-0.05, 0) is 25.2 Å². The Hall–Kier alpha value is -1.12. The average molecular weight is 284 g/mol. The molecule has 0 aliphatic heterocycles. The molecule has 0 bridgehead atoms. The maximum atomic E-state index is 10.3. The van der Waals surface area contributed by atoms with Gasteiger partial charge in [0.05, 0.1) is 12.2 Å². The first-order chi connectivity index (χ1) is 9.95. The lowest BCUT2D eigenvalue weighted by Gasteiger charge is -2.52. The molecule has 4 aliphatic carbocycles. The maximum Gasteiger partial charge on any atom is 0.0783 e. The average Bonchev–Trinajstić information content (AvgIpc) is 2.76. The summed E-state index contributed by atoms with van der Waals surface area (Å²) in [6.07, 6.45) is 15.2. The lowest BCUT2D eigenvalue weighted by molar-refractivity contribution is 0.0268. The largest absolute Gasteiger partial charge is 0.389 e. The van der Waals surface area contributed by atoms with Crippen molar-refractivity contribution in [3.8, 4) is 0 Å². The highest BCUT2D eigenvalue weighted by Crippen LogP contribution is 2.60. The summed E-state index contributed by atoms with van der Waals surface area (Å²) in [5.41, 5.74) is 2.86. The van der Waals surface area contributed by atoms with Crippen LogP contribution < -0.4 is 0 Å². The van der Waals surface area contributed by atoms with E-state index < -0.39 is 0 Å². The first-order valence-electron chi connectivity index (χ1n) is 8.10. The predicted octanol–water partition coefficient (Wildman–Crippen LogP) is 3.14. The summed E-state index contributed by atoms with van der Waals surface area (Å²) in [5, 5.41) is 20.2. The van der Waals surface area contributed by atoms with Gasteiger partial charge in [-0.15, -0.1) is 0 Å². The fraction of sp³-hybridized carbons (Fsp3) is 0.579. The molecule has 0 aromatic heterocycles. The number of hydrogen-bond acceptors (Lipinski definition) is 2. The van der Waals surface area contributed by atoms with Crippen LogP contribution in [0.4, 0.5) is 0 Å². The molecule has 2 heteroatoms. The summed E-state index contributed by atoms with van der Waals surface area (Å²) in [6, 6.07) is 0. The van der Waals surface area contributed by atoms with Gasteiger partial charge in [0.15, 0.2) is 0 Å². The minimum absolute atomic E-state index is 0.0259. The Balaban J connectivity index is 1.79. The van der Waals surface area contributed by atoms with Crippen LogP contribution in [-0.4, -0.2) is 22.4 Å². The monoisotopic (exact) mass is 284 g/mol. The van der Waals surface area contributed by atoms with Crippen LogP contribution in [-0.2, 0) is 0 Å². The van der Waals surface area contributed by atoms with E-state index in [1.807, 2.05) is 12.2 Å². The second-order valence-electron chi connectivity index (χ2n) is 7.68. The van der Waals surface area contributed by atoms with Crippen molar-refractivity contribution < 1.29 is 10.2 Å². The Morgan fingerprint density at radius 3 is 2.71 bits per heavy atom. The molecule has 1 fully saturated rings. The van der Waals surface area contributed by atoms with E-state index in [0.29, 0.717) is 11.8 Å². The summed E-state index contributed by atoms with van der Waals surface area (Å²) >= 11 is 0. The molecular weight excluding hydrogens is 260 g/mol. The van der Waals surface area contributed by atoms with Gasteiger partial charge in [-0.1, -0.05) is 61.4 Å². The van der Waals surface area contributed by atoms with E-state index in [1.54, 1.807) is 0 Å². The third-order valence-corrected chi connectivity index (χ3v) is 6.59. The highest BCUT2D eigenvalue weighted by atomic mass is 16.3. The number of hydrogen-bond donors (Lipinski definition) is 2. The second-order valence-corrected chi connectivity index (χ2v) is 7.68. The predicted molar refractivity (Wildman–Crippen MR) is 83.5 cm³/mol. The van der Waals surface area contributed by atoms with Crippen LogP contribution in [0.1, 0.15) is 33.1 Å². The van der Waals surface area contributed by atoms with Gasteiger partial charge in [-0.2, -0.15) is 0 Å². The molecular formula is C19H24O2. The van der Waals surface area contributed by atoms with Crippen molar-refractivity contribution in [3.05, 3.63) is 47.6 Å². The Morgan fingerprint density at radius 1 is 1.10 bits per heavy atom. The Morgan fingerprint density at radius 2 is 1.90 bits per heavy atom. The van der Waals surface area contributed by atoms with Crippen molar-refractivity contribution in [2.45, 2.75) is 45.3 Å². The Kier molecular flexibility index (Phi) is 2.71. The maximum absolute atomic E-state index is 10.3. The quantitative estimate of drug-likeness (QED) is 0.671. The molecule has 0 spiro atoms. The van der Waals surface area contributed by atoms with Gasteiger partial charge in [-0.25, -0.2) is 0 Å². The second kappa shape index (κ2) is 4.21. The van der Waals surface area contributed by atoms with Crippen LogP contribution >= 0.6 is 0 Å². The third kappa shape index (κ3) is 1.66. The molecule has 0 heterocycles. The van der Waals surface area contributed by atoms with Crippen LogP contribution in [0.5, 0.6) is 0 Å². The van der Waals surface area contributed by atoms with E-state index >= 15 is 0 Å². The SMILES string of the molecule is C[C@]12CC[C@H]3C(=CC=C4C[C@@H](O)C=C[C@@]43C)[C@@H]1C=C[C@@H]2O. The van der Waals surface area contributed by atoms with Crippen molar-refractivity contribution in [2.24, 2.45) is 22.7 Å². The molecule has 112 valence electrons. The first kappa shape index (κ1) is 13.5. The van der Waals surface area contributed by atoms with E-state index in [9.17, 15) is 10.2 Å². The van der Waals surface area contributed by atoms with E-state index in [4.69, 9.17) is 0 Å². The molecule has 21 heavy (non-hydrogen) atoms. The fourth-order valence-electron chi connectivity index (χ4n) is 5.06. The van der Waals surface area contributed by atoms with E-state index in [-0.39, 0.29) is 23.0 Å². The molecule has 6 atom stereocenters.